The van der Waals surface area contributed by atoms with Crippen LogP contribution >= 0.6 is 0 Å². The summed E-state index contributed by atoms with van der Waals surface area (Å²) in [6.45, 7) is 9.49. The van der Waals surface area contributed by atoms with Gasteiger partial charge in [0.15, 0.2) is 0 Å². The number of aryl methyl sites for hydroxylation is 2. The van der Waals surface area contributed by atoms with E-state index in [-0.39, 0.29) is 0 Å². The van der Waals surface area contributed by atoms with Gasteiger partial charge in [-0.15, -0.1) is 0 Å². The van der Waals surface area contributed by atoms with E-state index in [1.807, 2.05) is 0 Å². The second-order valence-electron chi connectivity index (χ2n) is 3.88. The molecular weight excluding hydrogens is 172 g/mol. The van der Waals surface area contributed by atoms with E-state index >= 15 is 0 Å². The van der Waals surface area contributed by atoms with Gasteiger partial charge in [0.1, 0.15) is 0 Å². The molecule has 0 saturated heterocycles. The first kappa shape index (κ1) is 11.3. The van der Waals surface area contributed by atoms with Gasteiger partial charge < -0.3 is 4.74 Å². The molecule has 1 nitrogen and oxygen atoms in total. The number of rotatable bonds is 3. The molecule has 14 heavy (non-hydrogen) atoms. The molecule has 1 rings (SSSR count). The van der Waals surface area contributed by atoms with Crippen molar-refractivity contribution in [1.29, 1.82) is 0 Å². The highest BCUT2D eigenvalue weighted by Gasteiger charge is 2.08. The first-order valence-electron chi connectivity index (χ1n) is 5.19. The van der Waals surface area contributed by atoms with Crippen LogP contribution in [-0.2, 0) is 17.8 Å². The quantitative estimate of drug-likeness (QED) is 0.714. The Kier molecular flexibility index (Phi) is 3.70. The molecule has 0 radical (unpaired) electrons. The monoisotopic (exact) mass is 192 g/mol. The van der Waals surface area contributed by atoms with Crippen LogP contribution in [0.25, 0.3) is 0 Å². The van der Waals surface area contributed by atoms with Gasteiger partial charge in [-0.25, -0.2) is 0 Å². The standard InChI is InChI=1S/C13H20O/c1-6-12-9(2)7-10(3)13(8-14-5)11(12)4/h7H,6,8H2,1-5H3. The maximum atomic E-state index is 5.23. The molecule has 1 heteroatoms. The van der Waals surface area contributed by atoms with Crippen molar-refractivity contribution in [2.45, 2.75) is 40.7 Å². The van der Waals surface area contributed by atoms with Gasteiger partial charge in [0, 0.05) is 7.11 Å². The third kappa shape index (κ3) is 1.98. The van der Waals surface area contributed by atoms with Crippen molar-refractivity contribution in [2.24, 2.45) is 0 Å². The second-order valence-corrected chi connectivity index (χ2v) is 3.88. The van der Waals surface area contributed by atoms with E-state index in [0.29, 0.717) is 0 Å². The Morgan fingerprint density at radius 3 is 2.14 bits per heavy atom. The predicted molar refractivity (Wildman–Crippen MR) is 60.7 cm³/mol. The third-order valence-corrected chi connectivity index (χ3v) is 2.93. The van der Waals surface area contributed by atoms with Crippen molar-refractivity contribution < 1.29 is 4.74 Å². The summed E-state index contributed by atoms with van der Waals surface area (Å²) < 4.78 is 5.23. The van der Waals surface area contributed by atoms with E-state index in [1.54, 1.807) is 7.11 Å². The molecule has 0 aliphatic carbocycles. The maximum Gasteiger partial charge on any atom is 0.0718 e. The Morgan fingerprint density at radius 1 is 1.07 bits per heavy atom. The molecule has 0 heterocycles. The van der Waals surface area contributed by atoms with Crippen molar-refractivity contribution in [3.8, 4) is 0 Å². The van der Waals surface area contributed by atoms with Crippen molar-refractivity contribution in [1.82, 2.24) is 0 Å². The van der Waals surface area contributed by atoms with Crippen LogP contribution in [-0.4, -0.2) is 7.11 Å². The van der Waals surface area contributed by atoms with E-state index in [0.717, 1.165) is 13.0 Å². The van der Waals surface area contributed by atoms with E-state index in [1.165, 1.54) is 27.8 Å². The van der Waals surface area contributed by atoms with Crippen LogP contribution in [0.3, 0.4) is 0 Å². The van der Waals surface area contributed by atoms with E-state index in [9.17, 15) is 0 Å². The van der Waals surface area contributed by atoms with E-state index < -0.39 is 0 Å². The Labute approximate surface area is 87.1 Å². The van der Waals surface area contributed by atoms with Crippen LogP contribution in [0.2, 0.25) is 0 Å². The minimum Gasteiger partial charge on any atom is -0.380 e. The number of ether oxygens (including phenoxy) is 1. The van der Waals surface area contributed by atoms with Gasteiger partial charge in [-0.1, -0.05) is 13.0 Å². The molecule has 0 unspecified atom stereocenters. The van der Waals surface area contributed by atoms with Crippen LogP contribution < -0.4 is 0 Å². The normalized spacial score (nSPS) is 10.6. The molecule has 0 bridgehead atoms. The lowest BCUT2D eigenvalue weighted by molar-refractivity contribution is 0.184. The van der Waals surface area contributed by atoms with Crippen LogP contribution in [0.1, 0.15) is 34.7 Å². The molecule has 0 atom stereocenters. The second kappa shape index (κ2) is 4.61. The highest BCUT2D eigenvalue weighted by atomic mass is 16.5. The van der Waals surface area contributed by atoms with Gasteiger partial charge in [0.05, 0.1) is 6.61 Å². The van der Waals surface area contributed by atoms with Gasteiger partial charge in [-0.2, -0.15) is 0 Å². The van der Waals surface area contributed by atoms with Crippen LogP contribution in [0.5, 0.6) is 0 Å². The first-order valence-corrected chi connectivity index (χ1v) is 5.19. The van der Waals surface area contributed by atoms with E-state index in [2.05, 4.69) is 33.8 Å². The van der Waals surface area contributed by atoms with Crippen molar-refractivity contribution in [2.75, 3.05) is 7.11 Å². The van der Waals surface area contributed by atoms with Crippen LogP contribution in [0.4, 0.5) is 0 Å². The first-order chi connectivity index (χ1) is 6.61. The zero-order valence-electron chi connectivity index (χ0n) is 9.90. The summed E-state index contributed by atoms with van der Waals surface area (Å²) in [6.07, 6.45) is 1.11. The zero-order chi connectivity index (χ0) is 10.7. The topological polar surface area (TPSA) is 9.23 Å². The fourth-order valence-electron chi connectivity index (χ4n) is 2.18. The summed E-state index contributed by atoms with van der Waals surface area (Å²) in [5, 5.41) is 0. The molecule has 78 valence electrons. The van der Waals surface area contributed by atoms with Gasteiger partial charge in [-0.3, -0.25) is 0 Å². The summed E-state index contributed by atoms with van der Waals surface area (Å²) >= 11 is 0. The van der Waals surface area contributed by atoms with Gasteiger partial charge >= 0.3 is 0 Å². The average molecular weight is 192 g/mol. The lowest BCUT2D eigenvalue weighted by Crippen LogP contribution is -2.02. The Balaban J connectivity index is 3.28. The number of hydrogen-bond acceptors (Lipinski definition) is 1. The highest BCUT2D eigenvalue weighted by Crippen LogP contribution is 2.23. The van der Waals surface area contributed by atoms with Gasteiger partial charge in [-0.05, 0) is 55.0 Å². The molecule has 0 fully saturated rings. The Bertz CT molecular complexity index is 326. The summed E-state index contributed by atoms with van der Waals surface area (Å²) in [4.78, 5) is 0. The van der Waals surface area contributed by atoms with Crippen LogP contribution in [0.15, 0.2) is 6.07 Å². The summed E-state index contributed by atoms with van der Waals surface area (Å²) in [7, 11) is 1.75. The summed E-state index contributed by atoms with van der Waals surface area (Å²) in [5.41, 5.74) is 6.99. The molecule has 0 aliphatic heterocycles. The maximum absolute atomic E-state index is 5.23. The number of benzene rings is 1. The third-order valence-electron chi connectivity index (χ3n) is 2.93. The van der Waals surface area contributed by atoms with Crippen LogP contribution in [0, 0.1) is 20.8 Å². The molecule has 0 spiro atoms. The molecule has 0 N–H and O–H groups in total. The highest BCUT2D eigenvalue weighted by molar-refractivity contribution is 5.44. The minimum absolute atomic E-state index is 0.727. The van der Waals surface area contributed by atoms with E-state index in [4.69, 9.17) is 4.74 Å². The minimum atomic E-state index is 0.727. The average Bonchev–Trinajstić information content (AvgIpc) is 2.12. The molecule has 0 aliphatic rings. The smallest absolute Gasteiger partial charge is 0.0718 e. The van der Waals surface area contributed by atoms with Crippen molar-refractivity contribution >= 4 is 0 Å². The number of methoxy groups -OCH3 is 1. The predicted octanol–water partition coefficient (Wildman–Crippen LogP) is 3.32. The fourth-order valence-corrected chi connectivity index (χ4v) is 2.18. The molecule has 0 saturated carbocycles. The zero-order valence-corrected chi connectivity index (χ0v) is 9.90. The van der Waals surface area contributed by atoms with Crippen molar-refractivity contribution in [3.05, 3.63) is 33.9 Å². The summed E-state index contributed by atoms with van der Waals surface area (Å²) in [6, 6.07) is 2.26. The molecule has 1 aromatic carbocycles. The molecule has 0 aromatic heterocycles. The van der Waals surface area contributed by atoms with Crippen molar-refractivity contribution in [3.63, 3.8) is 0 Å². The molecular formula is C13H20O. The number of hydrogen-bond donors (Lipinski definition) is 0. The SMILES string of the molecule is CCc1c(C)cc(C)c(COC)c1C. The largest absolute Gasteiger partial charge is 0.380 e. The Morgan fingerprint density at radius 2 is 1.64 bits per heavy atom. The fraction of sp³-hybridized carbons (Fsp3) is 0.538. The lowest BCUT2D eigenvalue weighted by atomic mass is 9.92. The molecule has 1 aromatic rings. The molecule has 0 amide bonds. The van der Waals surface area contributed by atoms with Gasteiger partial charge in [0.25, 0.3) is 0 Å². The summed E-state index contributed by atoms with van der Waals surface area (Å²) in [5.74, 6) is 0. The van der Waals surface area contributed by atoms with Gasteiger partial charge in [0.2, 0.25) is 0 Å². The lowest BCUT2D eigenvalue weighted by Gasteiger charge is -2.15. The Hall–Kier alpha value is -0.820.